The summed E-state index contributed by atoms with van der Waals surface area (Å²) < 4.78 is 4.91. The van der Waals surface area contributed by atoms with Crippen LogP contribution >= 0.6 is 0 Å². The van der Waals surface area contributed by atoms with Crippen LogP contribution in [0.25, 0.3) is 0 Å². The molecular formula is C11H17N5O2. The molecular weight excluding hydrogens is 234 g/mol. The topological polar surface area (TPSA) is 102 Å². The van der Waals surface area contributed by atoms with Crippen LogP contribution < -0.4 is 11.1 Å². The van der Waals surface area contributed by atoms with E-state index in [-0.39, 0.29) is 5.96 Å². The lowest BCUT2D eigenvalue weighted by atomic mass is 10.1. The zero-order valence-corrected chi connectivity index (χ0v) is 10.5. The molecule has 98 valence electrons. The first kappa shape index (κ1) is 13.9. The van der Waals surface area contributed by atoms with Crippen molar-refractivity contribution in [1.29, 1.82) is 0 Å². The van der Waals surface area contributed by atoms with Crippen LogP contribution in [-0.2, 0) is 4.74 Å². The molecule has 7 nitrogen and oxygen atoms in total. The highest BCUT2D eigenvalue weighted by atomic mass is 16.5. The summed E-state index contributed by atoms with van der Waals surface area (Å²) in [5.41, 5.74) is 5.51. The summed E-state index contributed by atoms with van der Waals surface area (Å²) in [7, 11) is 0. The van der Waals surface area contributed by atoms with Gasteiger partial charge in [-0.05, 0) is 12.3 Å². The van der Waals surface area contributed by atoms with Crippen molar-refractivity contribution in [1.82, 2.24) is 15.3 Å². The Morgan fingerprint density at radius 1 is 1.56 bits per heavy atom. The lowest BCUT2D eigenvalue weighted by Crippen LogP contribution is -2.37. The van der Waals surface area contributed by atoms with Crippen molar-refractivity contribution in [2.75, 3.05) is 6.61 Å². The lowest BCUT2D eigenvalue weighted by molar-refractivity contribution is 0.146. The van der Waals surface area contributed by atoms with Gasteiger partial charge in [0.2, 0.25) is 5.96 Å². The summed E-state index contributed by atoms with van der Waals surface area (Å²) in [5, 5.41) is 2.30. The van der Waals surface area contributed by atoms with Gasteiger partial charge < -0.3 is 10.5 Å². The van der Waals surface area contributed by atoms with E-state index < -0.39 is 6.09 Å². The number of hydrogen-bond donors (Lipinski definition) is 2. The molecule has 0 aliphatic heterocycles. The number of aliphatic imine (C=N–C) groups is 1. The molecule has 0 fully saturated rings. The third-order valence-electron chi connectivity index (χ3n) is 1.94. The molecule has 0 saturated heterocycles. The van der Waals surface area contributed by atoms with Gasteiger partial charge in [0.05, 0.1) is 12.8 Å². The van der Waals surface area contributed by atoms with Gasteiger partial charge in [-0.25, -0.2) is 9.78 Å². The highest BCUT2D eigenvalue weighted by Gasteiger charge is 2.04. The summed E-state index contributed by atoms with van der Waals surface area (Å²) in [6, 6.07) is 0. The van der Waals surface area contributed by atoms with E-state index in [4.69, 9.17) is 10.5 Å². The summed E-state index contributed by atoms with van der Waals surface area (Å²) >= 11 is 0. The zero-order valence-electron chi connectivity index (χ0n) is 10.5. The number of carbonyl (C=O) groups excluding carboxylic acids is 1. The van der Waals surface area contributed by atoms with Gasteiger partial charge in [-0.1, -0.05) is 13.8 Å². The number of amides is 1. The number of carbonyl (C=O) groups is 1. The minimum Gasteiger partial charge on any atom is -0.449 e. The van der Waals surface area contributed by atoms with E-state index in [1.807, 2.05) is 13.8 Å². The SMILES string of the molecule is CC(C)CCOC(=O)NC(N)=Nc1cnccn1. The molecule has 1 rings (SSSR count). The Hall–Kier alpha value is -2.18. The first-order valence-corrected chi connectivity index (χ1v) is 5.62. The van der Waals surface area contributed by atoms with E-state index in [1.54, 1.807) is 0 Å². The van der Waals surface area contributed by atoms with E-state index >= 15 is 0 Å². The number of nitrogens with two attached hydrogens (primary N) is 1. The fourth-order valence-corrected chi connectivity index (χ4v) is 1.03. The van der Waals surface area contributed by atoms with Crippen LogP contribution in [-0.4, -0.2) is 28.6 Å². The van der Waals surface area contributed by atoms with Crippen LogP contribution in [0, 0.1) is 5.92 Å². The zero-order chi connectivity index (χ0) is 13.4. The van der Waals surface area contributed by atoms with Gasteiger partial charge in [-0.15, -0.1) is 0 Å². The molecule has 1 aromatic heterocycles. The molecule has 1 heterocycles. The maximum Gasteiger partial charge on any atom is 0.413 e. The van der Waals surface area contributed by atoms with Crippen molar-refractivity contribution in [3.63, 3.8) is 0 Å². The van der Waals surface area contributed by atoms with E-state index in [0.717, 1.165) is 6.42 Å². The second-order valence-electron chi connectivity index (χ2n) is 4.00. The first-order chi connectivity index (χ1) is 8.58. The fourth-order valence-electron chi connectivity index (χ4n) is 1.03. The van der Waals surface area contributed by atoms with Gasteiger partial charge in [-0.2, -0.15) is 4.99 Å². The van der Waals surface area contributed by atoms with Gasteiger partial charge in [0.15, 0.2) is 5.82 Å². The van der Waals surface area contributed by atoms with Crippen molar-refractivity contribution < 1.29 is 9.53 Å². The number of ether oxygens (including phenoxy) is 1. The number of aromatic nitrogens is 2. The molecule has 1 amide bonds. The Morgan fingerprint density at radius 2 is 2.33 bits per heavy atom. The molecule has 0 bridgehead atoms. The Labute approximate surface area is 105 Å². The predicted octanol–water partition coefficient (Wildman–Crippen LogP) is 1.20. The molecule has 0 aromatic carbocycles. The molecule has 7 heteroatoms. The van der Waals surface area contributed by atoms with Gasteiger partial charge in [0, 0.05) is 12.4 Å². The molecule has 0 aliphatic rings. The summed E-state index contributed by atoms with van der Waals surface area (Å²) in [4.78, 5) is 22.9. The van der Waals surface area contributed by atoms with E-state index in [2.05, 4.69) is 20.3 Å². The molecule has 0 atom stereocenters. The molecule has 1 aromatic rings. The predicted molar refractivity (Wildman–Crippen MR) is 67.3 cm³/mol. The Kier molecular flexibility index (Phi) is 5.56. The van der Waals surface area contributed by atoms with Crippen LogP contribution in [0.15, 0.2) is 23.6 Å². The maximum atomic E-state index is 11.3. The Bertz CT molecular complexity index is 405. The van der Waals surface area contributed by atoms with E-state index in [9.17, 15) is 4.79 Å². The molecule has 0 radical (unpaired) electrons. The quantitative estimate of drug-likeness (QED) is 0.618. The first-order valence-electron chi connectivity index (χ1n) is 5.62. The summed E-state index contributed by atoms with van der Waals surface area (Å²) in [6.07, 6.45) is 4.60. The van der Waals surface area contributed by atoms with Crippen LogP contribution in [0.2, 0.25) is 0 Å². The molecule has 3 N–H and O–H groups in total. The average molecular weight is 251 g/mol. The maximum absolute atomic E-state index is 11.3. The molecule has 0 spiro atoms. The second kappa shape index (κ2) is 7.21. The van der Waals surface area contributed by atoms with Crippen molar-refractivity contribution in [2.24, 2.45) is 16.6 Å². The number of guanidine groups is 1. The van der Waals surface area contributed by atoms with Crippen LogP contribution in [0.5, 0.6) is 0 Å². The van der Waals surface area contributed by atoms with Crippen LogP contribution in [0.4, 0.5) is 10.6 Å². The van der Waals surface area contributed by atoms with Crippen molar-refractivity contribution in [3.8, 4) is 0 Å². The third-order valence-corrected chi connectivity index (χ3v) is 1.94. The smallest absolute Gasteiger partial charge is 0.413 e. The Balaban J connectivity index is 2.38. The second-order valence-corrected chi connectivity index (χ2v) is 4.00. The number of nitrogens with zero attached hydrogens (tertiary/aromatic N) is 3. The third kappa shape index (κ3) is 5.78. The van der Waals surface area contributed by atoms with E-state index in [0.29, 0.717) is 18.3 Å². The molecule has 0 unspecified atom stereocenters. The Morgan fingerprint density at radius 3 is 2.94 bits per heavy atom. The molecule has 0 saturated carbocycles. The number of rotatable bonds is 4. The number of hydrogen-bond acceptors (Lipinski definition) is 5. The van der Waals surface area contributed by atoms with Gasteiger partial charge in [-0.3, -0.25) is 10.3 Å². The van der Waals surface area contributed by atoms with Crippen molar-refractivity contribution in [3.05, 3.63) is 18.6 Å². The van der Waals surface area contributed by atoms with Crippen molar-refractivity contribution >= 4 is 17.9 Å². The normalized spacial score (nSPS) is 11.4. The van der Waals surface area contributed by atoms with Gasteiger partial charge in [0.25, 0.3) is 0 Å². The molecule has 18 heavy (non-hydrogen) atoms. The summed E-state index contributed by atoms with van der Waals surface area (Å²) in [5.74, 6) is 0.714. The minimum absolute atomic E-state index is 0.0787. The van der Waals surface area contributed by atoms with Crippen molar-refractivity contribution in [2.45, 2.75) is 20.3 Å². The largest absolute Gasteiger partial charge is 0.449 e. The fraction of sp³-hybridized carbons (Fsp3) is 0.455. The monoisotopic (exact) mass is 251 g/mol. The minimum atomic E-state index is -0.624. The lowest BCUT2D eigenvalue weighted by Gasteiger charge is -2.07. The average Bonchev–Trinajstić information content (AvgIpc) is 2.29. The highest BCUT2D eigenvalue weighted by molar-refractivity contribution is 5.93. The number of nitrogens with one attached hydrogen (secondary N) is 1. The molecule has 0 aliphatic carbocycles. The van der Waals surface area contributed by atoms with Crippen LogP contribution in [0.3, 0.4) is 0 Å². The van der Waals surface area contributed by atoms with E-state index in [1.165, 1.54) is 18.6 Å². The van der Waals surface area contributed by atoms with Gasteiger partial charge in [0.1, 0.15) is 0 Å². The van der Waals surface area contributed by atoms with Crippen LogP contribution in [0.1, 0.15) is 20.3 Å². The standard InChI is InChI=1S/C11H17N5O2/c1-8(2)3-6-18-11(17)16-10(12)15-9-7-13-4-5-14-9/h4-5,7-8H,3,6H2,1-2H3,(H3,12,14,15,16,17). The number of alkyl carbamates (subject to hydrolysis) is 1. The highest BCUT2D eigenvalue weighted by Crippen LogP contribution is 2.01. The summed E-state index contributed by atoms with van der Waals surface area (Å²) in [6.45, 7) is 4.44. The van der Waals surface area contributed by atoms with Gasteiger partial charge >= 0.3 is 6.09 Å².